The molecule has 1 aromatic carbocycles. The third-order valence-corrected chi connectivity index (χ3v) is 2.59. The predicted molar refractivity (Wildman–Crippen MR) is 80.0 cm³/mol. The van der Waals surface area contributed by atoms with Crippen molar-refractivity contribution in [2.24, 2.45) is 5.73 Å². The monoisotopic (exact) mass is 308 g/mol. The first-order valence-electron chi connectivity index (χ1n) is 6.43. The van der Waals surface area contributed by atoms with Gasteiger partial charge in [0, 0.05) is 41.8 Å². The number of carboxylic acid groups (broad SMARTS) is 2. The standard InChI is InChI=1S/C11H13FN2.C4H4O4/c1-8(13)7-14-5-4-9-6-10(12)2-3-11(9)14;5-3(6)1-2-4(7)8/h2-6,8H,7,13H2,1H3;1-2H,(H,5,6)(H,7,8)/b;2-1+. The van der Waals surface area contributed by atoms with Crippen LogP contribution in [-0.2, 0) is 16.1 Å². The van der Waals surface area contributed by atoms with E-state index in [9.17, 15) is 14.0 Å². The smallest absolute Gasteiger partial charge is 0.328 e. The molecule has 6 nitrogen and oxygen atoms in total. The third kappa shape index (κ3) is 5.76. The van der Waals surface area contributed by atoms with Gasteiger partial charge in [-0.05, 0) is 31.2 Å². The minimum atomic E-state index is -1.26. The van der Waals surface area contributed by atoms with E-state index in [0.29, 0.717) is 12.2 Å². The van der Waals surface area contributed by atoms with Crippen LogP contribution in [0.4, 0.5) is 4.39 Å². The van der Waals surface area contributed by atoms with E-state index < -0.39 is 11.9 Å². The molecule has 0 bridgehead atoms. The van der Waals surface area contributed by atoms with Crippen molar-refractivity contribution in [2.45, 2.75) is 19.5 Å². The van der Waals surface area contributed by atoms with Crippen molar-refractivity contribution < 1.29 is 24.2 Å². The van der Waals surface area contributed by atoms with Crippen molar-refractivity contribution >= 4 is 22.8 Å². The number of benzene rings is 1. The van der Waals surface area contributed by atoms with Crippen LogP contribution in [0.3, 0.4) is 0 Å². The summed E-state index contributed by atoms with van der Waals surface area (Å²) >= 11 is 0. The van der Waals surface area contributed by atoms with Crippen molar-refractivity contribution in [1.82, 2.24) is 4.57 Å². The van der Waals surface area contributed by atoms with Crippen LogP contribution in [0.15, 0.2) is 42.6 Å². The Morgan fingerprint density at radius 2 is 1.86 bits per heavy atom. The number of fused-ring (bicyclic) bond motifs is 1. The van der Waals surface area contributed by atoms with E-state index in [2.05, 4.69) is 0 Å². The summed E-state index contributed by atoms with van der Waals surface area (Å²) in [5.41, 5.74) is 6.74. The highest BCUT2D eigenvalue weighted by atomic mass is 19.1. The fourth-order valence-electron chi connectivity index (χ4n) is 1.78. The van der Waals surface area contributed by atoms with Gasteiger partial charge in [-0.3, -0.25) is 0 Å². The van der Waals surface area contributed by atoms with Gasteiger partial charge in [-0.1, -0.05) is 0 Å². The van der Waals surface area contributed by atoms with Crippen LogP contribution in [0.2, 0.25) is 0 Å². The average molecular weight is 308 g/mol. The number of nitrogens with zero attached hydrogens (tertiary/aromatic N) is 1. The van der Waals surface area contributed by atoms with Gasteiger partial charge >= 0.3 is 11.9 Å². The summed E-state index contributed by atoms with van der Waals surface area (Å²) in [4.78, 5) is 19.1. The van der Waals surface area contributed by atoms with E-state index in [1.165, 1.54) is 12.1 Å². The zero-order valence-corrected chi connectivity index (χ0v) is 11.9. The minimum absolute atomic E-state index is 0.107. The lowest BCUT2D eigenvalue weighted by molar-refractivity contribution is -0.134. The molecule has 2 aromatic rings. The Hall–Kier alpha value is -2.67. The molecule has 0 aliphatic rings. The largest absolute Gasteiger partial charge is 0.478 e. The number of carbonyl (C=O) groups is 2. The summed E-state index contributed by atoms with van der Waals surface area (Å²) in [7, 11) is 0. The summed E-state index contributed by atoms with van der Waals surface area (Å²) in [6, 6.07) is 6.80. The molecule has 0 aliphatic carbocycles. The zero-order valence-electron chi connectivity index (χ0n) is 11.9. The summed E-state index contributed by atoms with van der Waals surface area (Å²) < 4.78 is 14.9. The van der Waals surface area contributed by atoms with Crippen LogP contribution in [-0.4, -0.2) is 32.8 Å². The Morgan fingerprint density at radius 1 is 1.27 bits per heavy atom. The molecule has 0 spiro atoms. The Labute approximate surface area is 126 Å². The van der Waals surface area contributed by atoms with E-state index in [-0.39, 0.29) is 11.9 Å². The van der Waals surface area contributed by atoms with Crippen molar-refractivity contribution in [3.63, 3.8) is 0 Å². The maximum absolute atomic E-state index is 12.9. The van der Waals surface area contributed by atoms with Crippen LogP contribution < -0.4 is 5.73 Å². The number of hydrogen-bond acceptors (Lipinski definition) is 3. The number of hydrogen-bond donors (Lipinski definition) is 3. The van der Waals surface area contributed by atoms with Crippen molar-refractivity contribution in [3.05, 3.63) is 48.4 Å². The minimum Gasteiger partial charge on any atom is -0.478 e. The van der Waals surface area contributed by atoms with Crippen LogP contribution in [0.25, 0.3) is 10.9 Å². The molecular formula is C15H17FN2O4. The number of nitrogens with two attached hydrogens (primary N) is 1. The number of aliphatic carboxylic acids is 2. The van der Waals surface area contributed by atoms with E-state index in [0.717, 1.165) is 17.4 Å². The van der Waals surface area contributed by atoms with Gasteiger partial charge in [0.25, 0.3) is 0 Å². The lowest BCUT2D eigenvalue weighted by Gasteiger charge is -2.07. The highest BCUT2D eigenvalue weighted by Gasteiger charge is 2.03. The molecule has 1 atom stereocenters. The molecule has 0 saturated heterocycles. The van der Waals surface area contributed by atoms with Crippen LogP contribution in [0.5, 0.6) is 0 Å². The molecule has 22 heavy (non-hydrogen) atoms. The molecule has 1 unspecified atom stereocenters. The molecular weight excluding hydrogens is 291 g/mol. The molecule has 0 amide bonds. The zero-order chi connectivity index (χ0) is 16.7. The summed E-state index contributed by atoms with van der Waals surface area (Å²) in [5, 5.41) is 16.5. The maximum atomic E-state index is 12.9. The number of halogens is 1. The van der Waals surface area contributed by atoms with Gasteiger partial charge < -0.3 is 20.5 Å². The SMILES string of the molecule is CC(N)Cn1ccc2cc(F)ccc21.O=C(O)/C=C/C(=O)O. The molecule has 1 aromatic heterocycles. The van der Waals surface area contributed by atoms with Gasteiger partial charge in [0.05, 0.1) is 0 Å². The number of aromatic nitrogens is 1. The number of rotatable bonds is 4. The van der Waals surface area contributed by atoms with Gasteiger partial charge in [0.1, 0.15) is 5.82 Å². The van der Waals surface area contributed by atoms with E-state index in [1.807, 2.05) is 23.8 Å². The first kappa shape index (κ1) is 17.4. The van der Waals surface area contributed by atoms with E-state index in [1.54, 1.807) is 6.07 Å². The maximum Gasteiger partial charge on any atom is 0.328 e. The van der Waals surface area contributed by atoms with Crippen molar-refractivity contribution in [2.75, 3.05) is 0 Å². The second-order valence-electron chi connectivity index (χ2n) is 4.66. The van der Waals surface area contributed by atoms with Gasteiger partial charge in [-0.15, -0.1) is 0 Å². The number of carboxylic acids is 2. The summed E-state index contributed by atoms with van der Waals surface area (Å²) in [5.74, 6) is -2.71. The van der Waals surface area contributed by atoms with E-state index in [4.69, 9.17) is 15.9 Å². The normalized spacial score (nSPS) is 12.0. The third-order valence-electron chi connectivity index (χ3n) is 2.59. The van der Waals surface area contributed by atoms with Crippen molar-refractivity contribution in [1.29, 1.82) is 0 Å². The Morgan fingerprint density at radius 3 is 2.36 bits per heavy atom. The summed E-state index contributed by atoms with van der Waals surface area (Å²) in [6.07, 6.45) is 3.05. The Bertz CT molecular complexity index is 676. The van der Waals surface area contributed by atoms with Gasteiger partial charge in [0.15, 0.2) is 0 Å². The Balaban J connectivity index is 0.000000261. The lowest BCUT2D eigenvalue weighted by Crippen LogP contribution is -2.21. The topological polar surface area (TPSA) is 106 Å². The first-order valence-corrected chi connectivity index (χ1v) is 6.43. The summed E-state index contributed by atoms with van der Waals surface area (Å²) in [6.45, 7) is 2.71. The Kier molecular flexibility index (Phi) is 6.27. The molecule has 2 rings (SSSR count). The van der Waals surface area contributed by atoms with Crippen LogP contribution >= 0.6 is 0 Å². The van der Waals surface area contributed by atoms with Gasteiger partial charge in [-0.25, -0.2) is 14.0 Å². The van der Waals surface area contributed by atoms with Gasteiger partial charge in [0.2, 0.25) is 0 Å². The molecule has 0 aliphatic heterocycles. The van der Waals surface area contributed by atoms with Crippen molar-refractivity contribution in [3.8, 4) is 0 Å². The second kappa shape index (κ2) is 7.94. The molecule has 0 saturated carbocycles. The van der Waals surface area contributed by atoms with E-state index >= 15 is 0 Å². The molecule has 4 N–H and O–H groups in total. The second-order valence-corrected chi connectivity index (χ2v) is 4.66. The average Bonchev–Trinajstić information content (AvgIpc) is 2.78. The van der Waals surface area contributed by atoms with Crippen LogP contribution in [0.1, 0.15) is 6.92 Å². The van der Waals surface area contributed by atoms with Crippen LogP contribution in [0, 0.1) is 5.82 Å². The van der Waals surface area contributed by atoms with Gasteiger partial charge in [-0.2, -0.15) is 0 Å². The first-order chi connectivity index (χ1) is 10.3. The fraction of sp³-hybridized carbons (Fsp3) is 0.200. The quantitative estimate of drug-likeness (QED) is 0.747. The molecule has 1 heterocycles. The molecule has 118 valence electrons. The highest BCUT2D eigenvalue weighted by molar-refractivity contribution is 5.89. The molecule has 0 radical (unpaired) electrons. The molecule has 0 fully saturated rings. The fourth-order valence-corrected chi connectivity index (χ4v) is 1.78. The predicted octanol–water partition coefficient (Wildman–Crippen LogP) is 1.84. The molecule has 7 heteroatoms. The lowest BCUT2D eigenvalue weighted by atomic mass is 10.2. The highest BCUT2D eigenvalue weighted by Crippen LogP contribution is 2.17.